The minimum Gasteiger partial charge on any atom is -0.459 e. The highest BCUT2D eigenvalue weighted by atomic mass is 16.5. The third-order valence-corrected chi connectivity index (χ3v) is 5.54. The third kappa shape index (κ3) is 2.57. The Morgan fingerprint density at radius 2 is 1.95 bits per heavy atom. The summed E-state index contributed by atoms with van der Waals surface area (Å²) in [5, 5.41) is 0. The van der Waals surface area contributed by atoms with Gasteiger partial charge in [0.1, 0.15) is 0 Å². The predicted molar refractivity (Wildman–Crippen MR) is 81.7 cm³/mol. The second kappa shape index (κ2) is 5.70. The molecule has 1 amide bonds. The SMILES string of the molecule is O=C(c1ccco1)N1CCC2(CC1)C[C@@H](N1CCCC1)CO2. The predicted octanol–water partition coefficient (Wildman–Crippen LogP) is 2.14. The molecule has 4 heterocycles. The zero-order valence-electron chi connectivity index (χ0n) is 13.0. The van der Waals surface area contributed by atoms with E-state index in [-0.39, 0.29) is 11.5 Å². The first-order chi connectivity index (χ1) is 10.8. The first-order valence-electron chi connectivity index (χ1n) is 8.47. The van der Waals surface area contributed by atoms with Gasteiger partial charge in [0.25, 0.3) is 5.91 Å². The molecule has 1 atom stereocenters. The Morgan fingerprint density at radius 3 is 2.64 bits per heavy atom. The van der Waals surface area contributed by atoms with E-state index in [9.17, 15) is 4.79 Å². The van der Waals surface area contributed by atoms with Crippen LogP contribution in [0.25, 0.3) is 0 Å². The van der Waals surface area contributed by atoms with Gasteiger partial charge in [-0.3, -0.25) is 9.69 Å². The number of furan rings is 1. The number of hydrogen-bond acceptors (Lipinski definition) is 4. The lowest BCUT2D eigenvalue weighted by Gasteiger charge is -2.38. The fraction of sp³-hybridized carbons (Fsp3) is 0.706. The summed E-state index contributed by atoms with van der Waals surface area (Å²) in [6, 6.07) is 4.09. The molecule has 120 valence electrons. The van der Waals surface area contributed by atoms with Crippen molar-refractivity contribution in [2.75, 3.05) is 32.8 Å². The summed E-state index contributed by atoms with van der Waals surface area (Å²) in [7, 11) is 0. The Labute approximate surface area is 131 Å². The summed E-state index contributed by atoms with van der Waals surface area (Å²) in [5.74, 6) is 0.451. The lowest BCUT2D eigenvalue weighted by atomic mass is 9.87. The number of likely N-dealkylation sites (tertiary alicyclic amines) is 2. The van der Waals surface area contributed by atoms with Gasteiger partial charge in [0.2, 0.25) is 0 Å². The van der Waals surface area contributed by atoms with Crippen molar-refractivity contribution in [2.45, 2.75) is 43.7 Å². The van der Waals surface area contributed by atoms with Gasteiger partial charge in [0, 0.05) is 19.1 Å². The molecule has 0 saturated carbocycles. The van der Waals surface area contributed by atoms with Gasteiger partial charge in [-0.25, -0.2) is 0 Å². The maximum atomic E-state index is 12.3. The van der Waals surface area contributed by atoms with E-state index in [2.05, 4.69) is 4.90 Å². The van der Waals surface area contributed by atoms with Gasteiger partial charge >= 0.3 is 0 Å². The van der Waals surface area contributed by atoms with Crippen LogP contribution in [0.5, 0.6) is 0 Å². The largest absolute Gasteiger partial charge is 0.459 e. The average molecular weight is 304 g/mol. The van der Waals surface area contributed by atoms with Crippen LogP contribution in [0, 0.1) is 0 Å². The van der Waals surface area contributed by atoms with E-state index in [4.69, 9.17) is 9.15 Å². The highest BCUT2D eigenvalue weighted by Gasteiger charge is 2.45. The van der Waals surface area contributed by atoms with Crippen LogP contribution in [0.15, 0.2) is 22.8 Å². The molecular weight excluding hydrogens is 280 g/mol. The molecular formula is C17H24N2O3. The molecule has 22 heavy (non-hydrogen) atoms. The molecule has 4 rings (SSSR count). The van der Waals surface area contributed by atoms with Crippen LogP contribution in [-0.2, 0) is 4.74 Å². The van der Waals surface area contributed by atoms with E-state index < -0.39 is 0 Å². The second-order valence-corrected chi connectivity index (χ2v) is 6.86. The van der Waals surface area contributed by atoms with Crippen molar-refractivity contribution >= 4 is 5.91 Å². The smallest absolute Gasteiger partial charge is 0.289 e. The van der Waals surface area contributed by atoms with Crippen LogP contribution in [0.1, 0.15) is 42.7 Å². The quantitative estimate of drug-likeness (QED) is 0.840. The van der Waals surface area contributed by atoms with Gasteiger partial charge in [-0.15, -0.1) is 0 Å². The minimum absolute atomic E-state index is 0.00714. The molecule has 3 aliphatic rings. The summed E-state index contributed by atoms with van der Waals surface area (Å²) in [6.45, 7) is 4.87. The van der Waals surface area contributed by atoms with E-state index >= 15 is 0 Å². The van der Waals surface area contributed by atoms with E-state index in [1.165, 1.54) is 25.9 Å². The van der Waals surface area contributed by atoms with Gasteiger partial charge in [-0.2, -0.15) is 0 Å². The summed E-state index contributed by atoms with van der Waals surface area (Å²) in [5.41, 5.74) is 0.00714. The monoisotopic (exact) mass is 304 g/mol. The summed E-state index contributed by atoms with van der Waals surface area (Å²) >= 11 is 0. The molecule has 0 radical (unpaired) electrons. The Morgan fingerprint density at radius 1 is 1.18 bits per heavy atom. The number of carbonyl (C=O) groups is 1. The number of piperidine rings is 1. The number of nitrogens with zero attached hydrogens (tertiary/aromatic N) is 2. The molecule has 5 nitrogen and oxygen atoms in total. The van der Waals surface area contributed by atoms with Crippen molar-refractivity contribution in [2.24, 2.45) is 0 Å². The van der Waals surface area contributed by atoms with Gasteiger partial charge in [-0.05, 0) is 57.3 Å². The van der Waals surface area contributed by atoms with Gasteiger partial charge in [0.15, 0.2) is 5.76 Å². The maximum Gasteiger partial charge on any atom is 0.289 e. The van der Waals surface area contributed by atoms with E-state index in [1.54, 1.807) is 18.4 Å². The molecule has 5 heteroatoms. The van der Waals surface area contributed by atoms with Gasteiger partial charge in [0.05, 0.1) is 18.5 Å². The van der Waals surface area contributed by atoms with Crippen molar-refractivity contribution in [1.82, 2.24) is 9.80 Å². The summed E-state index contributed by atoms with van der Waals surface area (Å²) in [6.07, 6.45) is 7.24. The van der Waals surface area contributed by atoms with Crippen LogP contribution in [0.4, 0.5) is 0 Å². The molecule has 0 bridgehead atoms. The number of hydrogen-bond donors (Lipinski definition) is 0. The van der Waals surface area contributed by atoms with Crippen LogP contribution < -0.4 is 0 Å². The molecule has 3 saturated heterocycles. The Balaban J connectivity index is 1.35. The van der Waals surface area contributed by atoms with E-state index in [0.29, 0.717) is 11.8 Å². The zero-order chi connectivity index (χ0) is 15.0. The van der Waals surface area contributed by atoms with Gasteiger partial charge in [-0.1, -0.05) is 0 Å². The number of rotatable bonds is 2. The normalized spacial score (nSPS) is 28.5. The molecule has 0 aliphatic carbocycles. The number of ether oxygens (including phenoxy) is 1. The third-order valence-electron chi connectivity index (χ3n) is 5.54. The van der Waals surface area contributed by atoms with E-state index in [1.807, 2.05) is 4.90 Å². The fourth-order valence-corrected chi connectivity index (χ4v) is 4.18. The van der Waals surface area contributed by atoms with Crippen LogP contribution >= 0.6 is 0 Å². The topological polar surface area (TPSA) is 45.9 Å². The molecule has 3 aliphatic heterocycles. The first kappa shape index (κ1) is 14.3. The van der Waals surface area contributed by atoms with Crippen molar-refractivity contribution in [3.63, 3.8) is 0 Å². The molecule has 1 aromatic rings. The average Bonchev–Trinajstić information content (AvgIpc) is 3.29. The summed E-state index contributed by atoms with van der Waals surface area (Å²) in [4.78, 5) is 16.8. The Hall–Kier alpha value is -1.33. The molecule has 0 N–H and O–H groups in total. The summed E-state index contributed by atoms with van der Waals surface area (Å²) < 4.78 is 11.4. The van der Waals surface area contributed by atoms with Crippen molar-refractivity contribution in [1.29, 1.82) is 0 Å². The molecule has 0 aromatic carbocycles. The molecule has 3 fully saturated rings. The van der Waals surface area contributed by atoms with Crippen LogP contribution in [-0.4, -0.2) is 60.1 Å². The molecule has 0 unspecified atom stereocenters. The highest BCUT2D eigenvalue weighted by molar-refractivity contribution is 5.91. The number of carbonyl (C=O) groups excluding carboxylic acids is 1. The minimum atomic E-state index is 0.00714. The van der Waals surface area contributed by atoms with Crippen LogP contribution in [0.2, 0.25) is 0 Å². The second-order valence-electron chi connectivity index (χ2n) is 6.86. The Bertz CT molecular complexity index is 514. The Kier molecular flexibility index (Phi) is 3.70. The van der Waals surface area contributed by atoms with Crippen LogP contribution in [0.3, 0.4) is 0 Å². The fourth-order valence-electron chi connectivity index (χ4n) is 4.18. The van der Waals surface area contributed by atoms with Crippen molar-refractivity contribution in [3.05, 3.63) is 24.2 Å². The standard InChI is InChI=1S/C17H24N2O3/c20-16(15-4-3-11-21-15)19-9-5-17(6-10-19)12-14(13-22-17)18-7-1-2-8-18/h3-4,11,14H,1-2,5-10,12-13H2/t14-/m1/s1. The van der Waals surface area contributed by atoms with Crippen molar-refractivity contribution in [3.8, 4) is 0 Å². The van der Waals surface area contributed by atoms with Crippen molar-refractivity contribution < 1.29 is 13.9 Å². The first-order valence-corrected chi connectivity index (χ1v) is 8.47. The van der Waals surface area contributed by atoms with Gasteiger partial charge < -0.3 is 14.1 Å². The lowest BCUT2D eigenvalue weighted by molar-refractivity contribution is -0.0397. The lowest BCUT2D eigenvalue weighted by Crippen LogP contribution is -2.47. The highest BCUT2D eigenvalue weighted by Crippen LogP contribution is 2.38. The van der Waals surface area contributed by atoms with E-state index in [0.717, 1.165) is 39.0 Å². The molecule has 1 aromatic heterocycles. The number of amides is 1. The molecule has 1 spiro atoms. The zero-order valence-corrected chi connectivity index (χ0v) is 13.0. The maximum absolute atomic E-state index is 12.3.